The van der Waals surface area contributed by atoms with E-state index in [0.717, 1.165) is 17.2 Å². The first kappa shape index (κ1) is 11.1. The lowest BCUT2D eigenvalue weighted by Crippen LogP contribution is -1.99. The number of para-hydroxylation sites is 1. The SMILES string of the molecule is CCSc1ccccc1NCc1cnco1. The van der Waals surface area contributed by atoms with Crippen LogP contribution in [0.5, 0.6) is 0 Å². The largest absolute Gasteiger partial charge is 0.447 e. The van der Waals surface area contributed by atoms with E-state index in [2.05, 4.69) is 35.4 Å². The van der Waals surface area contributed by atoms with Crippen molar-refractivity contribution in [3.63, 3.8) is 0 Å². The van der Waals surface area contributed by atoms with Crippen LogP contribution in [0.2, 0.25) is 0 Å². The minimum atomic E-state index is 0.668. The van der Waals surface area contributed by atoms with Crippen molar-refractivity contribution >= 4 is 17.4 Å². The molecule has 1 aromatic carbocycles. The zero-order valence-electron chi connectivity index (χ0n) is 9.14. The monoisotopic (exact) mass is 234 g/mol. The number of aromatic nitrogens is 1. The van der Waals surface area contributed by atoms with Gasteiger partial charge >= 0.3 is 0 Å². The molecule has 4 heteroatoms. The first-order valence-electron chi connectivity index (χ1n) is 5.23. The fraction of sp³-hybridized carbons (Fsp3) is 0.250. The van der Waals surface area contributed by atoms with Crippen LogP contribution in [0.1, 0.15) is 12.7 Å². The predicted octanol–water partition coefficient (Wildman–Crippen LogP) is 3.40. The van der Waals surface area contributed by atoms with Crippen LogP contribution < -0.4 is 5.32 Å². The second-order valence-corrected chi connectivity index (χ2v) is 4.56. The molecule has 2 rings (SSSR count). The highest BCUT2D eigenvalue weighted by atomic mass is 32.2. The number of rotatable bonds is 5. The van der Waals surface area contributed by atoms with Gasteiger partial charge in [-0.2, -0.15) is 0 Å². The molecule has 1 N–H and O–H groups in total. The quantitative estimate of drug-likeness (QED) is 0.805. The van der Waals surface area contributed by atoms with E-state index in [-0.39, 0.29) is 0 Å². The van der Waals surface area contributed by atoms with Crippen molar-refractivity contribution in [2.24, 2.45) is 0 Å². The Morgan fingerprint density at radius 3 is 3.00 bits per heavy atom. The van der Waals surface area contributed by atoms with Gasteiger partial charge in [-0.05, 0) is 17.9 Å². The minimum absolute atomic E-state index is 0.668. The Hall–Kier alpha value is -1.42. The van der Waals surface area contributed by atoms with Gasteiger partial charge in [-0.1, -0.05) is 19.1 Å². The molecule has 0 aliphatic rings. The van der Waals surface area contributed by atoms with Gasteiger partial charge in [-0.3, -0.25) is 0 Å². The van der Waals surface area contributed by atoms with Crippen LogP contribution in [-0.2, 0) is 6.54 Å². The highest BCUT2D eigenvalue weighted by molar-refractivity contribution is 7.99. The third-order valence-electron chi connectivity index (χ3n) is 2.12. The molecule has 0 bridgehead atoms. The summed E-state index contributed by atoms with van der Waals surface area (Å²) in [6.45, 7) is 2.82. The molecular weight excluding hydrogens is 220 g/mol. The summed E-state index contributed by atoms with van der Waals surface area (Å²) < 4.78 is 5.17. The number of anilines is 1. The van der Waals surface area contributed by atoms with E-state index in [0.29, 0.717) is 6.54 Å². The summed E-state index contributed by atoms with van der Waals surface area (Å²) in [6.07, 6.45) is 3.17. The third kappa shape index (κ3) is 2.79. The molecule has 3 nitrogen and oxygen atoms in total. The van der Waals surface area contributed by atoms with Gasteiger partial charge in [0.05, 0.1) is 12.7 Å². The van der Waals surface area contributed by atoms with Gasteiger partial charge in [0.15, 0.2) is 6.39 Å². The van der Waals surface area contributed by atoms with Gasteiger partial charge in [0.25, 0.3) is 0 Å². The molecule has 0 saturated carbocycles. The molecule has 0 fully saturated rings. The molecule has 0 atom stereocenters. The second-order valence-electron chi connectivity index (χ2n) is 3.25. The highest BCUT2D eigenvalue weighted by Gasteiger charge is 2.02. The van der Waals surface area contributed by atoms with Crippen molar-refractivity contribution in [3.05, 3.63) is 42.6 Å². The maximum atomic E-state index is 5.17. The summed E-state index contributed by atoms with van der Waals surface area (Å²) in [6, 6.07) is 8.28. The summed E-state index contributed by atoms with van der Waals surface area (Å²) in [7, 11) is 0. The Balaban J connectivity index is 2.03. The topological polar surface area (TPSA) is 38.1 Å². The molecule has 0 spiro atoms. The van der Waals surface area contributed by atoms with Gasteiger partial charge in [0.1, 0.15) is 5.76 Å². The summed E-state index contributed by atoms with van der Waals surface area (Å²) in [5.41, 5.74) is 1.14. The number of thioether (sulfide) groups is 1. The summed E-state index contributed by atoms with van der Waals surface area (Å²) >= 11 is 1.83. The third-order valence-corrected chi connectivity index (χ3v) is 3.08. The van der Waals surface area contributed by atoms with E-state index in [1.54, 1.807) is 6.20 Å². The van der Waals surface area contributed by atoms with E-state index in [1.165, 1.54) is 11.3 Å². The highest BCUT2D eigenvalue weighted by Crippen LogP contribution is 2.26. The van der Waals surface area contributed by atoms with E-state index >= 15 is 0 Å². The van der Waals surface area contributed by atoms with Crippen molar-refractivity contribution in [3.8, 4) is 0 Å². The lowest BCUT2D eigenvalue weighted by Gasteiger charge is -2.09. The Morgan fingerprint density at radius 2 is 2.25 bits per heavy atom. The molecule has 2 aromatic rings. The smallest absolute Gasteiger partial charge is 0.180 e. The normalized spacial score (nSPS) is 10.3. The molecule has 1 heterocycles. The lowest BCUT2D eigenvalue weighted by molar-refractivity contribution is 0.511. The first-order chi connectivity index (χ1) is 7.90. The van der Waals surface area contributed by atoms with Crippen LogP contribution in [0.15, 0.2) is 46.2 Å². The molecule has 1 aromatic heterocycles. The predicted molar refractivity (Wildman–Crippen MR) is 66.7 cm³/mol. The second kappa shape index (κ2) is 5.61. The number of hydrogen-bond acceptors (Lipinski definition) is 4. The maximum absolute atomic E-state index is 5.17. The van der Waals surface area contributed by atoms with E-state index in [4.69, 9.17) is 4.42 Å². The van der Waals surface area contributed by atoms with E-state index < -0.39 is 0 Å². The van der Waals surface area contributed by atoms with E-state index in [1.807, 2.05) is 17.8 Å². The van der Waals surface area contributed by atoms with Gasteiger partial charge in [-0.25, -0.2) is 4.98 Å². The van der Waals surface area contributed by atoms with Crippen LogP contribution in [0.25, 0.3) is 0 Å². The number of oxazole rings is 1. The lowest BCUT2D eigenvalue weighted by atomic mass is 10.3. The fourth-order valence-corrected chi connectivity index (χ4v) is 2.19. The van der Waals surface area contributed by atoms with Gasteiger partial charge in [0, 0.05) is 10.6 Å². The van der Waals surface area contributed by atoms with Crippen molar-refractivity contribution < 1.29 is 4.42 Å². The van der Waals surface area contributed by atoms with Crippen LogP contribution in [0.4, 0.5) is 5.69 Å². The average Bonchev–Trinajstić information content (AvgIpc) is 2.81. The van der Waals surface area contributed by atoms with Crippen molar-refractivity contribution in [2.75, 3.05) is 11.1 Å². The zero-order chi connectivity index (χ0) is 11.2. The molecular formula is C12H14N2OS. The van der Waals surface area contributed by atoms with Crippen molar-refractivity contribution in [2.45, 2.75) is 18.4 Å². The average molecular weight is 234 g/mol. The number of hydrogen-bond donors (Lipinski definition) is 1. The standard InChI is InChI=1S/C12H14N2OS/c1-2-16-12-6-4-3-5-11(12)14-8-10-7-13-9-15-10/h3-7,9,14H,2,8H2,1H3. The number of benzene rings is 1. The Morgan fingerprint density at radius 1 is 1.38 bits per heavy atom. The van der Waals surface area contributed by atoms with Crippen molar-refractivity contribution in [1.82, 2.24) is 4.98 Å². The molecule has 0 saturated heterocycles. The molecule has 0 unspecified atom stereocenters. The summed E-state index contributed by atoms with van der Waals surface area (Å²) in [5, 5.41) is 3.35. The van der Waals surface area contributed by atoms with Crippen LogP contribution in [-0.4, -0.2) is 10.7 Å². The number of nitrogens with one attached hydrogen (secondary N) is 1. The number of nitrogens with zero attached hydrogens (tertiary/aromatic N) is 1. The van der Waals surface area contributed by atoms with Crippen LogP contribution in [0.3, 0.4) is 0 Å². The first-order valence-corrected chi connectivity index (χ1v) is 6.21. The Labute approximate surface area is 99.3 Å². The molecule has 84 valence electrons. The molecule has 0 amide bonds. The van der Waals surface area contributed by atoms with E-state index in [9.17, 15) is 0 Å². The Kier molecular flexibility index (Phi) is 3.88. The molecule has 0 aliphatic carbocycles. The Bertz CT molecular complexity index is 428. The zero-order valence-corrected chi connectivity index (χ0v) is 9.96. The molecule has 0 aliphatic heterocycles. The minimum Gasteiger partial charge on any atom is -0.447 e. The van der Waals surface area contributed by atoms with Crippen LogP contribution in [0, 0.1) is 0 Å². The molecule has 0 radical (unpaired) electrons. The van der Waals surface area contributed by atoms with Gasteiger partial charge < -0.3 is 9.73 Å². The van der Waals surface area contributed by atoms with Gasteiger partial charge in [0.2, 0.25) is 0 Å². The van der Waals surface area contributed by atoms with Crippen LogP contribution >= 0.6 is 11.8 Å². The maximum Gasteiger partial charge on any atom is 0.180 e. The van der Waals surface area contributed by atoms with Gasteiger partial charge in [-0.15, -0.1) is 11.8 Å². The fourth-order valence-electron chi connectivity index (χ4n) is 1.41. The van der Waals surface area contributed by atoms with Crippen molar-refractivity contribution in [1.29, 1.82) is 0 Å². The summed E-state index contributed by atoms with van der Waals surface area (Å²) in [4.78, 5) is 5.15. The molecule has 16 heavy (non-hydrogen) atoms. The summed E-state index contributed by atoms with van der Waals surface area (Å²) in [5.74, 6) is 1.91.